The van der Waals surface area contributed by atoms with E-state index in [1.165, 1.54) is 5.69 Å². The summed E-state index contributed by atoms with van der Waals surface area (Å²) in [5.41, 5.74) is 2.09. The lowest BCUT2D eigenvalue weighted by Crippen LogP contribution is -2.51. The SMILES string of the molecule is Cc1ccc(N2CCC(C(=O)N3CCN(c4ccc(Cl)cc4)CC3)CC2)nn1. The van der Waals surface area contributed by atoms with Crippen molar-refractivity contribution in [1.29, 1.82) is 0 Å². The van der Waals surface area contributed by atoms with Gasteiger partial charge in [-0.05, 0) is 56.2 Å². The lowest BCUT2D eigenvalue weighted by atomic mass is 9.95. The van der Waals surface area contributed by atoms with E-state index in [0.717, 1.165) is 68.6 Å². The van der Waals surface area contributed by atoms with E-state index in [4.69, 9.17) is 11.6 Å². The van der Waals surface area contributed by atoms with Crippen molar-refractivity contribution in [3.8, 4) is 0 Å². The Balaban J connectivity index is 1.28. The molecule has 1 aromatic heterocycles. The highest BCUT2D eigenvalue weighted by molar-refractivity contribution is 6.30. The number of amides is 1. The van der Waals surface area contributed by atoms with Crippen LogP contribution in [0.15, 0.2) is 36.4 Å². The summed E-state index contributed by atoms with van der Waals surface area (Å²) in [4.78, 5) is 19.6. The van der Waals surface area contributed by atoms with Crippen LogP contribution in [0, 0.1) is 12.8 Å². The number of aromatic nitrogens is 2. The highest BCUT2D eigenvalue weighted by Crippen LogP contribution is 2.25. The standard InChI is InChI=1S/C21H26ClN5O/c1-16-2-7-20(24-23-16)26-10-8-17(9-11-26)21(28)27-14-12-25(13-15-27)19-5-3-18(22)4-6-19/h2-7,17H,8-15H2,1H3. The summed E-state index contributed by atoms with van der Waals surface area (Å²) in [6, 6.07) is 11.9. The first kappa shape index (κ1) is 19.0. The van der Waals surface area contributed by atoms with Gasteiger partial charge in [-0.25, -0.2) is 0 Å². The maximum absolute atomic E-state index is 13.0. The molecule has 2 saturated heterocycles. The summed E-state index contributed by atoms with van der Waals surface area (Å²) in [7, 11) is 0. The number of anilines is 2. The second kappa shape index (κ2) is 8.35. The first-order chi connectivity index (χ1) is 13.6. The van der Waals surface area contributed by atoms with Crippen LogP contribution in [0.5, 0.6) is 0 Å². The van der Waals surface area contributed by atoms with Crippen molar-refractivity contribution in [1.82, 2.24) is 15.1 Å². The Hall–Kier alpha value is -2.34. The van der Waals surface area contributed by atoms with Crippen molar-refractivity contribution in [3.05, 3.63) is 47.1 Å². The van der Waals surface area contributed by atoms with Crippen molar-refractivity contribution < 1.29 is 4.79 Å². The number of hydrogen-bond donors (Lipinski definition) is 0. The Morgan fingerprint density at radius 3 is 2.18 bits per heavy atom. The molecule has 0 spiro atoms. The van der Waals surface area contributed by atoms with Gasteiger partial charge in [-0.2, -0.15) is 5.10 Å². The van der Waals surface area contributed by atoms with Crippen LogP contribution in [-0.4, -0.2) is 60.3 Å². The summed E-state index contributed by atoms with van der Waals surface area (Å²) in [5, 5.41) is 9.16. The molecular weight excluding hydrogens is 374 g/mol. The molecule has 0 unspecified atom stereocenters. The van der Waals surface area contributed by atoms with Crippen molar-refractivity contribution in [2.24, 2.45) is 5.92 Å². The fourth-order valence-corrected chi connectivity index (χ4v) is 4.14. The molecule has 2 aliphatic rings. The fourth-order valence-electron chi connectivity index (χ4n) is 4.01. The minimum Gasteiger partial charge on any atom is -0.368 e. The van der Waals surface area contributed by atoms with Gasteiger partial charge in [0.2, 0.25) is 5.91 Å². The summed E-state index contributed by atoms with van der Waals surface area (Å²) in [6.07, 6.45) is 1.76. The summed E-state index contributed by atoms with van der Waals surface area (Å²) in [5.74, 6) is 1.34. The Labute approximate surface area is 171 Å². The van der Waals surface area contributed by atoms with Gasteiger partial charge in [0, 0.05) is 55.9 Å². The minimum atomic E-state index is 0.122. The van der Waals surface area contributed by atoms with Crippen molar-refractivity contribution in [2.75, 3.05) is 49.1 Å². The molecule has 4 rings (SSSR count). The average Bonchev–Trinajstić information content (AvgIpc) is 2.75. The lowest BCUT2D eigenvalue weighted by molar-refractivity contribution is -0.136. The second-order valence-corrected chi connectivity index (χ2v) is 8.02. The molecule has 0 aliphatic carbocycles. The number of carbonyl (C=O) groups excluding carboxylic acids is 1. The quantitative estimate of drug-likeness (QED) is 0.794. The van der Waals surface area contributed by atoms with E-state index in [1.807, 2.05) is 48.2 Å². The largest absolute Gasteiger partial charge is 0.368 e. The molecule has 0 radical (unpaired) electrons. The van der Waals surface area contributed by atoms with E-state index in [1.54, 1.807) is 0 Å². The Morgan fingerprint density at radius 1 is 0.893 bits per heavy atom. The number of carbonyl (C=O) groups is 1. The fraction of sp³-hybridized carbons (Fsp3) is 0.476. The number of piperazine rings is 1. The Morgan fingerprint density at radius 2 is 1.57 bits per heavy atom. The van der Waals surface area contributed by atoms with Gasteiger partial charge in [-0.3, -0.25) is 4.79 Å². The van der Waals surface area contributed by atoms with Crippen LogP contribution in [-0.2, 0) is 4.79 Å². The van der Waals surface area contributed by atoms with E-state index in [0.29, 0.717) is 5.91 Å². The first-order valence-corrected chi connectivity index (χ1v) is 10.3. The third kappa shape index (κ3) is 4.22. The molecule has 1 amide bonds. The van der Waals surface area contributed by atoms with Crippen LogP contribution >= 0.6 is 11.6 Å². The first-order valence-electron chi connectivity index (χ1n) is 9.95. The predicted molar refractivity (Wildman–Crippen MR) is 112 cm³/mol. The van der Waals surface area contributed by atoms with E-state index < -0.39 is 0 Å². The second-order valence-electron chi connectivity index (χ2n) is 7.58. The zero-order valence-electron chi connectivity index (χ0n) is 16.2. The maximum atomic E-state index is 13.0. The molecule has 0 atom stereocenters. The van der Waals surface area contributed by atoms with Crippen LogP contribution in [0.3, 0.4) is 0 Å². The molecule has 3 heterocycles. The molecule has 6 nitrogen and oxygen atoms in total. The van der Waals surface area contributed by atoms with Crippen molar-refractivity contribution >= 4 is 29.0 Å². The molecular formula is C21H26ClN5O. The smallest absolute Gasteiger partial charge is 0.225 e. The van der Waals surface area contributed by atoms with Crippen molar-refractivity contribution in [3.63, 3.8) is 0 Å². The van der Waals surface area contributed by atoms with Crippen LogP contribution < -0.4 is 9.80 Å². The van der Waals surface area contributed by atoms with E-state index in [9.17, 15) is 4.79 Å². The third-order valence-corrected chi connectivity index (χ3v) is 5.99. The molecule has 0 N–H and O–H groups in total. The topological polar surface area (TPSA) is 52.6 Å². The third-order valence-electron chi connectivity index (χ3n) is 5.74. The summed E-state index contributed by atoms with van der Waals surface area (Å²) >= 11 is 5.98. The molecule has 28 heavy (non-hydrogen) atoms. The van der Waals surface area contributed by atoms with Gasteiger partial charge in [0.05, 0.1) is 5.69 Å². The van der Waals surface area contributed by atoms with Gasteiger partial charge in [0.15, 0.2) is 5.82 Å². The summed E-state index contributed by atoms with van der Waals surface area (Å²) < 4.78 is 0. The van der Waals surface area contributed by atoms with Gasteiger partial charge >= 0.3 is 0 Å². The normalized spacial score (nSPS) is 18.4. The number of hydrogen-bond acceptors (Lipinski definition) is 5. The van der Waals surface area contributed by atoms with Gasteiger partial charge < -0.3 is 14.7 Å². The zero-order chi connectivity index (χ0) is 19.5. The maximum Gasteiger partial charge on any atom is 0.225 e. The zero-order valence-corrected chi connectivity index (χ0v) is 17.0. The monoisotopic (exact) mass is 399 g/mol. The number of nitrogens with zero attached hydrogens (tertiary/aromatic N) is 5. The molecule has 7 heteroatoms. The molecule has 1 aromatic carbocycles. The molecule has 0 bridgehead atoms. The molecule has 2 aromatic rings. The van der Waals surface area contributed by atoms with Gasteiger partial charge in [-0.15, -0.1) is 5.10 Å². The van der Waals surface area contributed by atoms with Crippen LogP contribution in [0.1, 0.15) is 18.5 Å². The summed E-state index contributed by atoms with van der Waals surface area (Å²) in [6.45, 7) is 6.96. The number of benzene rings is 1. The van der Waals surface area contributed by atoms with Crippen LogP contribution in [0.25, 0.3) is 0 Å². The minimum absolute atomic E-state index is 0.122. The molecule has 0 saturated carbocycles. The van der Waals surface area contributed by atoms with E-state index >= 15 is 0 Å². The molecule has 2 aliphatic heterocycles. The van der Waals surface area contributed by atoms with Gasteiger partial charge in [-0.1, -0.05) is 11.6 Å². The van der Waals surface area contributed by atoms with Gasteiger partial charge in [0.1, 0.15) is 0 Å². The van der Waals surface area contributed by atoms with E-state index in [2.05, 4.69) is 20.0 Å². The predicted octanol–water partition coefficient (Wildman–Crippen LogP) is 3.00. The molecule has 148 valence electrons. The number of piperidine rings is 1. The van der Waals surface area contributed by atoms with E-state index in [-0.39, 0.29) is 5.92 Å². The highest BCUT2D eigenvalue weighted by atomic mass is 35.5. The van der Waals surface area contributed by atoms with Gasteiger partial charge in [0.25, 0.3) is 0 Å². The number of aryl methyl sites for hydroxylation is 1. The van der Waals surface area contributed by atoms with Crippen LogP contribution in [0.2, 0.25) is 5.02 Å². The molecule has 2 fully saturated rings. The van der Waals surface area contributed by atoms with Crippen molar-refractivity contribution in [2.45, 2.75) is 19.8 Å². The number of rotatable bonds is 3. The van der Waals surface area contributed by atoms with Crippen LogP contribution in [0.4, 0.5) is 11.5 Å². The lowest BCUT2D eigenvalue weighted by Gasteiger charge is -2.39. The Bertz CT molecular complexity index is 727. The Kier molecular flexibility index (Phi) is 5.67. The number of halogens is 1. The highest BCUT2D eigenvalue weighted by Gasteiger charge is 2.30. The average molecular weight is 400 g/mol.